The van der Waals surface area contributed by atoms with Gasteiger partial charge in [-0.3, -0.25) is 24.5 Å². The second-order valence-corrected chi connectivity index (χ2v) is 11.6. The van der Waals surface area contributed by atoms with Gasteiger partial charge >= 0.3 is 0 Å². The molecule has 0 aliphatic carbocycles. The molecule has 0 fully saturated rings. The predicted octanol–water partition coefficient (Wildman–Crippen LogP) is 7.25. The van der Waals surface area contributed by atoms with E-state index in [0.29, 0.717) is 22.7 Å². The fraction of sp³-hybridized carbons (Fsp3) is 0.147. The van der Waals surface area contributed by atoms with Crippen LogP contribution in [0.25, 0.3) is 6.08 Å². The van der Waals surface area contributed by atoms with E-state index in [0.717, 1.165) is 10.6 Å². The van der Waals surface area contributed by atoms with Gasteiger partial charge in [0.1, 0.15) is 5.70 Å². The Hall–Kier alpha value is -5.22. The van der Waals surface area contributed by atoms with Crippen molar-refractivity contribution in [3.63, 3.8) is 0 Å². The largest absolute Gasteiger partial charge is 0.325 e. The molecular formula is C34H32N4O5S. The number of carbonyl (C=O) groups excluding carboxylic acids is 3. The molecule has 4 aromatic carbocycles. The Balaban J connectivity index is 1.47. The van der Waals surface area contributed by atoms with Crippen molar-refractivity contribution in [2.24, 2.45) is 0 Å². The lowest BCUT2D eigenvalue weighted by Gasteiger charge is -2.14. The molecule has 0 aliphatic rings. The Labute approximate surface area is 259 Å². The molecular weight excluding hydrogens is 576 g/mol. The van der Waals surface area contributed by atoms with Gasteiger partial charge in [-0.25, -0.2) is 0 Å². The van der Waals surface area contributed by atoms with E-state index in [1.165, 1.54) is 47.7 Å². The molecule has 0 spiro atoms. The molecule has 10 heteroatoms. The summed E-state index contributed by atoms with van der Waals surface area (Å²) in [6.45, 7) is 6.03. The normalized spacial score (nSPS) is 11.9. The Bertz CT molecular complexity index is 1670. The van der Waals surface area contributed by atoms with Gasteiger partial charge in [-0.2, -0.15) is 0 Å². The number of benzene rings is 4. The summed E-state index contributed by atoms with van der Waals surface area (Å²) in [4.78, 5) is 50.4. The lowest BCUT2D eigenvalue weighted by atomic mass is 10.0. The third-order valence-electron chi connectivity index (χ3n) is 6.56. The van der Waals surface area contributed by atoms with Crippen LogP contribution in [0, 0.1) is 10.1 Å². The van der Waals surface area contributed by atoms with Gasteiger partial charge in [0.15, 0.2) is 0 Å². The molecule has 9 nitrogen and oxygen atoms in total. The van der Waals surface area contributed by atoms with Gasteiger partial charge in [0.25, 0.3) is 17.5 Å². The zero-order valence-electron chi connectivity index (χ0n) is 24.4. The minimum Gasteiger partial charge on any atom is -0.325 e. The highest BCUT2D eigenvalue weighted by Gasteiger charge is 2.18. The maximum atomic E-state index is 13.4. The number of carbonyl (C=O) groups is 3. The summed E-state index contributed by atoms with van der Waals surface area (Å²) < 4.78 is 0. The minimum atomic E-state index is -0.592. The van der Waals surface area contributed by atoms with E-state index in [4.69, 9.17) is 0 Å². The summed E-state index contributed by atoms with van der Waals surface area (Å²) in [6, 6.07) is 28.9. The second-order valence-electron chi connectivity index (χ2n) is 10.2. The molecule has 0 radical (unpaired) electrons. The molecule has 0 saturated heterocycles. The van der Waals surface area contributed by atoms with Gasteiger partial charge in [0.2, 0.25) is 5.91 Å². The van der Waals surface area contributed by atoms with Crippen molar-refractivity contribution in [1.82, 2.24) is 5.32 Å². The lowest BCUT2D eigenvalue weighted by Crippen LogP contribution is -2.30. The molecule has 0 saturated carbocycles. The molecule has 0 aromatic heterocycles. The Morgan fingerprint density at radius 3 is 2.11 bits per heavy atom. The smallest absolute Gasteiger partial charge is 0.272 e. The number of nitro benzene ring substituents is 1. The van der Waals surface area contributed by atoms with Crippen molar-refractivity contribution < 1.29 is 19.3 Å². The molecule has 4 aromatic rings. The van der Waals surface area contributed by atoms with E-state index < -0.39 is 22.0 Å². The van der Waals surface area contributed by atoms with Gasteiger partial charge in [-0.15, -0.1) is 11.8 Å². The molecule has 0 bridgehead atoms. The number of non-ortho nitro benzene ring substituents is 1. The number of nitro groups is 1. The first-order valence-electron chi connectivity index (χ1n) is 13.9. The van der Waals surface area contributed by atoms with Crippen molar-refractivity contribution in [1.29, 1.82) is 0 Å². The molecule has 0 aliphatic heterocycles. The predicted molar refractivity (Wildman–Crippen MR) is 175 cm³/mol. The van der Waals surface area contributed by atoms with Crippen LogP contribution in [0.4, 0.5) is 17.1 Å². The molecule has 0 heterocycles. The van der Waals surface area contributed by atoms with Crippen LogP contribution < -0.4 is 16.0 Å². The third kappa shape index (κ3) is 8.89. The maximum Gasteiger partial charge on any atom is 0.272 e. The number of hydrogen-bond acceptors (Lipinski definition) is 6. The van der Waals surface area contributed by atoms with Crippen LogP contribution in [0.3, 0.4) is 0 Å². The number of thioether (sulfide) groups is 1. The lowest BCUT2D eigenvalue weighted by molar-refractivity contribution is -0.384. The molecule has 4 rings (SSSR count). The summed E-state index contributed by atoms with van der Waals surface area (Å²) >= 11 is 1.34. The van der Waals surface area contributed by atoms with E-state index in [1.807, 2.05) is 30.3 Å². The quantitative estimate of drug-likeness (QED) is 0.0712. The Morgan fingerprint density at radius 2 is 1.48 bits per heavy atom. The number of nitrogens with zero attached hydrogens (tertiary/aromatic N) is 1. The van der Waals surface area contributed by atoms with E-state index in [2.05, 4.69) is 29.8 Å². The van der Waals surface area contributed by atoms with Crippen LogP contribution in [0.1, 0.15) is 48.2 Å². The topological polar surface area (TPSA) is 130 Å². The van der Waals surface area contributed by atoms with E-state index in [1.54, 1.807) is 55.5 Å². The van der Waals surface area contributed by atoms with Crippen molar-refractivity contribution >= 4 is 52.6 Å². The molecule has 44 heavy (non-hydrogen) atoms. The molecule has 3 N–H and O–H groups in total. The van der Waals surface area contributed by atoms with E-state index >= 15 is 0 Å². The summed E-state index contributed by atoms with van der Waals surface area (Å²) in [7, 11) is 0. The van der Waals surface area contributed by atoms with Crippen LogP contribution in [-0.2, 0) is 9.59 Å². The number of hydrogen-bond donors (Lipinski definition) is 3. The average molecular weight is 609 g/mol. The monoisotopic (exact) mass is 608 g/mol. The van der Waals surface area contributed by atoms with Gasteiger partial charge in [-0.05, 0) is 84.6 Å². The maximum absolute atomic E-state index is 13.4. The van der Waals surface area contributed by atoms with Crippen LogP contribution in [-0.4, -0.2) is 27.9 Å². The summed E-state index contributed by atoms with van der Waals surface area (Å²) in [5.74, 6) is -0.836. The number of anilines is 2. The zero-order chi connectivity index (χ0) is 31.6. The highest BCUT2D eigenvalue weighted by atomic mass is 32.2. The zero-order valence-corrected chi connectivity index (χ0v) is 25.3. The van der Waals surface area contributed by atoms with Crippen LogP contribution in [0.2, 0.25) is 0 Å². The van der Waals surface area contributed by atoms with Gasteiger partial charge in [-0.1, -0.05) is 50.2 Å². The van der Waals surface area contributed by atoms with Crippen molar-refractivity contribution in [2.45, 2.75) is 36.8 Å². The number of rotatable bonds is 11. The van der Waals surface area contributed by atoms with Gasteiger partial charge in [0, 0.05) is 34.0 Å². The second kappa shape index (κ2) is 14.8. The summed E-state index contributed by atoms with van der Waals surface area (Å²) in [5.41, 5.74) is 3.06. The summed E-state index contributed by atoms with van der Waals surface area (Å²) in [5, 5.41) is 19.0. The van der Waals surface area contributed by atoms with Crippen LogP contribution in [0.5, 0.6) is 0 Å². The highest BCUT2D eigenvalue weighted by molar-refractivity contribution is 8.00. The summed E-state index contributed by atoms with van der Waals surface area (Å²) in [6.07, 6.45) is 1.44. The van der Waals surface area contributed by atoms with Crippen LogP contribution >= 0.6 is 11.8 Å². The van der Waals surface area contributed by atoms with E-state index in [-0.39, 0.29) is 17.3 Å². The van der Waals surface area contributed by atoms with E-state index in [9.17, 15) is 24.5 Å². The highest BCUT2D eigenvalue weighted by Crippen LogP contribution is 2.27. The fourth-order valence-corrected chi connectivity index (χ4v) is 5.03. The molecule has 1 unspecified atom stereocenters. The van der Waals surface area contributed by atoms with Gasteiger partial charge in [0.05, 0.1) is 10.2 Å². The van der Waals surface area contributed by atoms with Crippen molar-refractivity contribution in [3.05, 3.63) is 136 Å². The molecule has 224 valence electrons. The average Bonchev–Trinajstić information content (AvgIpc) is 3.01. The first kappa shape index (κ1) is 31.7. The third-order valence-corrected chi connectivity index (χ3v) is 7.66. The Kier molecular flexibility index (Phi) is 10.7. The number of nitrogens with one attached hydrogen (secondary N) is 3. The SMILES string of the molecule is CC(Sc1cccc(NC(=O)/C(=C\c2ccc([N+](=O)[O-])cc2)NC(=O)c2ccccc2)c1)C(=O)Nc1ccc(C(C)C)cc1. The Morgan fingerprint density at radius 1 is 0.795 bits per heavy atom. The number of amides is 3. The van der Waals surface area contributed by atoms with Gasteiger partial charge < -0.3 is 16.0 Å². The van der Waals surface area contributed by atoms with Crippen molar-refractivity contribution in [3.8, 4) is 0 Å². The van der Waals surface area contributed by atoms with Crippen molar-refractivity contribution in [2.75, 3.05) is 10.6 Å². The van der Waals surface area contributed by atoms with Crippen LogP contribution in [0.15, 0.2) is 114 Å². The first-order chi connectivity index (χ1) is 21.1. The molecule has 1 atom stereocenters. The minimum absolute atomic E-state index is 0.0537. The standard InChI is InChI=1S/C34H32N4O5S/c1-22(2)25-14-16-27(17-15-25)35-32(39)23(3)44-30-11-7-10-28(21-30)36-34(41)31(37-33(40)26-8-5-4-6-9-26)20-24-12-18-29(19-13-24)38(42)43/h4-23H,1-3H3,(H,35,39)(H,36,41)(H,37,40)/b31-20+. The molecule has 3 amide bonds. The first-order valence-corrected chi connectivity index (χ1v) is 14.8. The fourth-order valence-electron chi connectivity index (χ4n) is 4.10.